The van der Waals surface area contributed by atoms with Crippen LogP contribution in [0.5, 0.6) is 5.75 Å². The van der Waals surface area contributed by atoms with Crippen LogP contribution in [0.2, 0.25) is 0 Å². The third kappa shape index (κ3) is 5.23. The Balaban J connectivity index is 1.56. The molecule has 3 aromatic carbocycles. The van der Waals surface area contributed by atoms with Crippen molar-refractivity contribution in [3.63, 3.8) is 0 Å². The maximum absolute atomic E-state index is 13.5. The van der Waals surface area contributed by atoms with Crippen LogP contribution < -0.4 is 15.0 Å². The number of benzene rings is 3. The van der Waals surface area contributed by atoms with E-state index in [2.05, 4.69) is 5.32 Å². The molecule has 0 bridgehead atoms. The molecule has 3 aromatic rings. The first-order valence-corrected chi connectivity index (χ1v) is 12.3. The summed E-state index contributed by atoms with van der Waals surface area (Å²) in [5, 5.41) is 2.83. The summed E-state index contributed by atoms with van der Waals surface area (Å²) >= 11 is 0. The van der Waals surface area contributed by atoms with E-state index in [0.717, 1.165) is 4.90 Å². The topological polar surface area (TPSA) is 96.0 Å². The molecule has 0 spiro atoms. The van der Waals surface area contributed by atoms with E-state index in [9.17, 15) is 19.2 Å². The summed E-state index contributed by atoms with van der Waals surface area (Å²) in [5.74, 6) is -1.03. The van der Waals surface area contributed by atoms with Crippen LogP contribution in [-0.2, 0) is 4.79 Å². The van der Waals surface area contributed by atoms with Crippen molar-refractivity contribution >= 4 is 35.0 Å². The Morgan fingerprint density at radius 2 is 1.59 bits per heavy atom. The van der Waals surface area contributed by atoms with Crippen LogP contribution in [0.15, 0.2) is 72.8 Å². The number of hydrogen-bond donors (Lipinski definition) is 1. The van der Waals surface area contributed by atoms with Gasteiger partial charge in [0, 0.05) is 17.8 Å². The Morgan fingerprint density at radius 3 is 2.24 bits per heavy atom. The Labute approximate surface area is 215 Å². The van der Waals surface area contributed by atoms with Gasteiger partial charge in [0.15, 0.2) is 0 Å². The molecule has 1 heterocycles. The normalized spacial score (nSPS) is 13.2. The van der Waals surface area contributed by atoms with Crippen LogP contribution in [0, 0.1) is 0 Å². The maximum Gasteiger partial charge on any atom is 0.266 e. The van der Waals surface area contributed by atoms with Gasteiger partial charge in [-0.15, -0.1) is 0 Å². The predicted octanol–water partition coefficient (Wildman–Crippen LogP) is 4.77. The van der Waals surface area contributed by atoms with Crippen LogP contribution in [-0.4, -0.2) is 47.7 Å². The van der Waals surface area contributed by atoms with Crippen molar-refractivity contribution in [1.29, 1.82) is 0 Å². The molecule has 1 aliphatic heterocycles. The predicted molar refractivity (Wildman–Crippen MR) is 141 cm³/mol. The molecule has 1 unspecified atom stereocenters. The van der Waals surface area contributed by atoms with Crippen LogP contribution >= 0.6 is 0 Å². The second-order valence-corrected chi connectivity index (χ2v) is 8.66. The number of carbonyl (C=O) groups is 4. The number of imide groups is 1. The highest BCUT2D eigenvalue weighted by Gasteiger charge is 2.38. The van der Waals surface area contributed by atoms with Gasteiger partial charge in [-0.3, -0.25) is 19.2 Å². The highest BCUT2D eigenvalue weighted by atomic mass is 16.5. The minimum absolute atomic E-state index is 0.155. The van der Waals surface area contributed by atoms with Crippen molar-refractivity contribution in [3.05, 3.63) is 89.5 Å². The summed E-state index contributed by atoms with van der Waals surface area (Å²) in [6, 6.07) is 19.4. The number of rotatable bonds is 9. The second-order valence-electron chi connectivity index (χ2n) is 8.66. The molecule has 8 nitrogen and oxygen atoms in total. The van der Waals surface area contributed by atoms with Crippen LogP contribution in [0.1, 0.15) is 58.3 Å². The van der Waals surface area contributed by atoms with Gasteiger partial charge < -0.3 is 15.0 Å². The summed E-state index contributed by atoms with van der Waals surface area (Å²) in [5.41, 5.74) is 1.68. The molecule has 0 radical (unpaired) electrons. The van der Waals surface area contributed by atoms with Gasteiger partial charge >= 0.3 is 0 Å². The first-order chi connectivity index (χ1) is 17.8. The number of hydrogen-bond acceptors (Lipinski definition) is 5. The minimum atomic E-state index is -0.751. The first kappa shape index (κ1) is 25.6. The summed E-state index contributed by atoms with van der Waals surface area (Å²) in [6.45, 7) is 6.31. The van der Waals surface area contributed by atoms with Crippen LogP contribution in [0.4, 0.5) is 11.4 Å². The number of amides is 4. The molecule has 37 heavy (non-hydrogen) atoms. The number of ether oxygens (including phenoxy) is 1. The van der Waals surface area contributed by atoms with Crippen LogP contribution in [0.3, 0.4) is 0 Å². The number of nitrogens with one attached hydrogen (secondary N) is 1. The molecule has 1 aliphatic rings. The summed E-state index contributed by atoms with van der Waals surface area (Å²) in [6.07, 6.45) is 0.641. The lowest BCUT2D eigenvalue weighted by Crippen LogP contribution is -2.46. The van der Waals surface area contributed by atoms with Crippen molar-refractivity contribution in [2.45, 2.75) is 33.2 Å². The smallest absolute Gasteiger partial charge is 0.266 e. The fraction of sp³-hybridized carbons (Fsp3) is 0.241. The Kier molecular flexibility index (Phi) is 7.67. The van der Waals surface area contributed by atoms with Gasteiger partial charge in [-0.2, -0.15) is 0 Å². The van der Waals surface area contributed by atoms with Gasteiger partial charge in [-0.05, 0) is 74.9 Å². The molecule has 4 amide bonds. The Bertz CT molecular complexity index is 1320. The third-order valence-electron chi connectivity index (χ3n) is 6.15. The molecule has 1 N–H and O–H groups in total. The highest BCUT2D eigenvalue weighted by molar-refractivity contribution is 6.34. The second kappa shape index (κ2) is 11.1. The Hall–Kier alpha value is -4.46. The van der Waals surface area contributed by atoms with Crippen LogP contribution in [0.25, 0.3) is 0 Å². The van der Waals surface area contributed by atoms with E-state index in [0.29, 0.717) is 36.7 Å². The zero-order valence-electron chi connectivity index (χ0n) is 21.1. The van der Waals surface area contributed by atoms with Gasteiger partial charge in [0.1, 0.15) is 11.8 Å². The molecule has 0 saturated heterocycles. The van der Waals surface area contributed by atoms with Gasteiger partial charge in [-0.1, -0.05) is 25.1 Å². The molecule has 8 heteroatoms. The van der Waals surface area contributed by atoms with Crippen molar-refractivity contribution in [1.82, 2.24) is 4.90 Å². The quantitative estimate of drug-likeness (QED) is 0.428. The number of nitrogens with zero attached hydrogens (tertiary/aromatic N) is 2. The zero-order valence-corrected chi connectivity index (χ0v) is 21.1. The van der Waals surface area contributed by atoms with Gasteiger partial charge in [0.25, 0.3) is 17.7 Å². The first-order valence-electron chi connectivity index (χ1n) is 12.3. The average molecular weight is 500 g/mol. The molecule has 0 fully saturated rings. The van der Waals surface area contributed by atoms with E-state index in [1.165, 1.54) is 23.1 Å². The van der Waals surface area contributed by atoms with E-state index in [4.69, 9.17) is 4.74 Å². The van der Waals surface area contributed by atoms with E-state index >= 15 is 0 Å². The molecule has 0 aromatic heterocycles. The lowest BCUT2D eigenvalue weighted by atomic mass is 10.0. The van der Waals surface area contributed by atoms with Crippen molar-refractivity contribution in [2.75, 3.05) is 23.4 Å². The average Bonchev–Trinajstić information content (AvgIpc) is 3.16. The molecular weight excluding hydrogens is 470 g/mol. The molecule has 190 valence electrons. The fourth-order valence-electron chi connectivity index (χ4n) is 4.25. The minimum Gasteiger partial charge on any atom is -0.494 e. The fourth-order valence-corrected chi connectivity index (χ4v) is 4.25. The Morgan fingerprint density at radius 1 is 0.919 bits per heavy atom. The van der Waals surface area contributed by atoms with Crippen molar-refractivity contribution in [2.24, 2.45) is 0 Å². The van der Waals surface area contributed by atoms with Gasteiger partial charge in [0.2, 0.25) is 5.91 Å². The van der Waals surface area contributed by atoms with E-state index in [-0.39, 0.29) is 28.5 Å². The largest absolute Gasteiger partial charge is 0.494 e. The van der Waals surface area contributed by atoms with Gasteiger partial charge in [0.05, 0.1) is 23.4 Å². The van der Waals surface area contributed by atoms with Crippen molar-refractivity contribution in [3.8, 4) is 5.75 Å². The number of para-hydroxylation sites is 1. The molecule has 0 saturated carbocycles. The third-order valence-corrected chi connectivity index (χ3v) is 6.15. The number of carbonyl (C=O) groups excluding carboxylic acids is 4. The van der Waals surface area contributed by atoms with Gasteiger partial charge in [-0.25, -0.2) is 4.90 Å². The molecule has 0 aliphatic carbocycles. The summed E-state index contributed by atoms with van der Waals surface area (Å²) < 4.78 is 5.43. The molecular formula is C29H29N3O5. The zero-order chi connectivity index (χ0) is 26.5. The monoisotopic (exact) mass is 499 g/mol. The number of fused-ring (bicyclic) bond motifs is 1. The van der Waals surface area contributed by atoms with E-state index in [1.807, 2.05) is 32.0 Å². The lowest BCUT2D eigenvalue weighted by molar-refractivity contribution is -0.120. The maximum atomic E-state index is 13.5. The molecule has 4 rings (SSSR count). The summed E-state index contributed by atoms with van der Waals surface area (Å²) in [4.78, 5) is 55.2. The highest BCUT2D eigenvalue weighted by Crippen LogP contribution is 2.30. The molecule has 1 atom stereocenters. The SMILES string of the molecule is CCCN(C(=O)c1ccc2c(c1)C(=O)N(c1ccc(OCC)cc1)C2=O)C(C)C(=O)Nc1ccccc1. The summed E-state index contributed by atoms with van der Waals surface area (Å²) in [7, 11) is 0. The lowest BCUT2D eigenvalue weighted by Gasteiger charge is -2.28. The van der Waals surface area contributed by atoms with E-state index < -0.39 is 17.9 Å². The number of anilines is 2. The standard InChI is InChI=1S/C29H29N3O5/c1-4-17-31(19(3)26(33)30-21-9-7-6-8-10-21)27(34)20-11-16-24-25(18-20)29(36)32(28(24)35)22-12-14-23(15-13-22)37-5-2/h6-16,18-19H,4-5,17H2,1-3H3,(H,30,33). The van der Waals surface area contributed by atoms with E-state index in [1.54, 1.807) is 43.3 Å². The van der Waals surface area contributed by atoms with Crippen molar-refractivity contribution < 1.29 is 23.9 Å².